The van der Waals surface area contributed by atoms with Gasteiger partial charge in [0.15, 0.2) is 5.69 Å². The number of carbonyl (C=O) groups excluding carboxylic acids is 1. The van der Waals surface area contributed by atoms with Crippen LogP contribution in [0.25, 0.3) is 0 Å². The number of non-ortho nitro benzene ring substituents is 1. The number of carbonyl (C=O) groups is 1. The highest BCUT2D eigenvalue weighted by atomic mass is 16.6. The van der Waals surface area contributed by atoms with Gasteiger partial charge in [0.2, 0.25) is 0 Å². The van der Waals surface area contributed by atoms with E-state index in [1.807, 2.05) is 0 Å². The normalized spacial score (nSPS) is 10.2. The number of anilines is 3. The van der Waals surface area contributed by atoms with Gasteiger partial charge in [-0.15, -0.1) is 0 Å². The smallest absolute Gasteiger partial charge is 0.306 e. The van der Waals surface area contributed by atoms with Crippen molar-refractivity contribution in [2.45, 2.75) is 0 Å². The largest absolute Gasteiger partial charge is 0.344 e. The van der Waals surface area contributed by atoms with Gasteiger partial charge in [0.25, 0.3) is 11.6 Å². The van der Waals surface area contributed by atoms with Gasteiger partial charge in [-0.05, 0) is 36.4 Å². The average molecular weight is 423 g/mol. The molecule has 0 saturated heterocycles. The molecule has 2 N–H and O–H groups in total. The third-order valence-corrected chi connectivity index (χ3v) is 4.13. The van der Waals surface area contributed by atoms with E-state index < -0.39 is 43.4 Å². The summed E-state index contributed by atoms with van der Waals surface area (Å²) in [6.07, 6.45) is 0. The fourth-order valence-corrected chi connectivity index (χ4v) is 2.69. The molecule has 0 unspecified atom stereocenters. The van der Waals surface area contributed by atoms with Crippen molar-refractivity contribution in [3.63, 3.8) is 0 Å². The van der Waals surface area contributed by atoms with Gasteiger partial charge in [0.05, 0.1) is 26.9 Å². The fourth-order valence-electron chi connectivity index (χ4n) is 2.69. The molecule has 156 valence electrons. The molecule has 0 aliphatic rings. The third-order valence-electron chi connectivity index (χ3n) is 4.13. The average Bonchev–Trinajstić information content (AvgIpc) is 2.74. The summed E-state index contributed by atoms with van der Waals surface area (Å²) in [5, 5.41) is 38.9. The first-order chi connectivity index (χ1) is 14.8. The lowest BCUT2D eigenvalue weighted by Crippen LogP contribution is -2.11. The van der Waals surface area contributed by atoms with Crippen LogP contribution < -0.4 is 10.6 Å². The van der Waals surface area contributed by atoms with Crippen LogP contribution in [0.5, 0.6) is 0 Å². The number of hydrogen-bond acceptors (Lipinski definition) is 8. The highest BCUT2D eigenvalue weighted by molar-refractivity contribution is 6.04. The number of benzene rings is 3. The molecule has 0 fully saturated rings. The lowest BCUT2D eigenvalue weighted by molar-refractivity contribution is -0.401. The summed E-state index contributed by atoms with van der Waals surface area (Å²) in [4.78, 5) is 43.1. The topological polar surface area (TPSA) is 171 Å². The number of para-hydroxylation sites is 1. The molecule has 3 aromatic rings. The highest BCUT2D eigenvalue weighted by Crippen LogP contribution is 2.40. The standard InChI is InChI=1S/C19H13N5O7/c25-19(21-13-4-2-1-3-5-13)12-6-8-14(9-7-12)20-18-16(23(28)29)10-15(22(26)27)11-17(18)24(30)31/h1-11,20H,(H,21,25). The number of nitro groups is 3. The van der Waals surface area contributed by atoms with Gasteiger partial charge in [0, 0.05) is 16.9 Å². The van der Waals surface area contributed by atoms with Gasteiger partial charge in [-0.3, -0.25) is 35.1 Å². The molecule has 0 spiro atoms. The first kappa shape index (κ1) is 20.9. The van der Waals surface area contributed by atoms with Crippen LogP contribution in [-0.2, 0) is 0 Å². The molecule has 0 aliphatic carbocycles. The minimum Gasteiger partial charge on any atom is -0.344 e. The maximum absolute atomic E-state index is 12.3. The summed E-state index contributed by atoms with van der Waals surface area (Å²) in [5.41, 5.74) is -1.87. The lowest BCUT2D eigenvalue weighted by Gasteiger charge is -2.09. The molecule has 0 saturated carbocycles. The Kier molecular flexibility index (Phi) is 5.82. The van der Waals surface area contributed by atoms with E-state index in [2.05, 4.69) is 10.6 Å². The molecule has 0 aromatic heterocycles. The summed E-state index contributed by atoms with van der Waals surface area (Å²) in [6, 6.07) is 15.6. The van der Waals surface area contributed by atoms with Gasteiger partial charge in [-0.2, -0.15) is 0 Å². The minimum absolute atomic E-state index is 0.205. The molecule has 0 aliphatic heterocycles. The van der Waals surface area contributed by atoms with E-state index in [0.29, 0.717) is 17.8 Å². The number of nitro benzene ring substituents is 3. The number of hydrogen-bond donors (Lipinski definition) is 2. The molecule has 31 heavy (non-hydrogen) atoms. The first-order valence-electron chi connectivity index (χ1n) is 8.61. The van der Waals surface area contributed by atoms with Crippen LogP contribution in [0.2, 0.25) is 0 Å². The summed E-state index contributed by atoms with van der Waals surface area (Å²) >= 11 is 0. The van der Waals surface area contributed by atoms with E-state index in [0.717, 1.165) is 0 Å². The van der Waals surface area contributed by atoms with E-state index >= 15 is 0 Å². The highest BCUT2D eigenvalue weighted by Gasteiger charge is 2.30. The molecule has 12 heteroatoms. The van der Waals surface area contributed by atoms with Crippen molar-refractivity contribution >= 4 is 40.0 Å². The van der Waals surface area contributed by atoms with E-state index in [1.165, 1.54) is 24.3 Å². The SMILES string of the molecule is O=C(Nc1ccccc1)c1ccc(Nc2c([N+](=O)[O-])cc([N+](=O)[O-])cc2[N+](=O)[O-])cc1. The Morgan fingerprint density at radius 2 is 1.26 bits per heavy atom. The summed E-state index contributed by atoms with van der Waals surface area (Å²) in [6.45, 7) is 0. The Hall–Kier alpha value is -4.87. The number of amides is 1. The zero-order chi connectivity index (χ0) is 22.5. The Morgan fingerprint density at radius 1 is 0.710 bits per heavy atom. The van der Waals surface area contributed by atoms with Crippen molar-refractivity contribution < 1.29 is 19.6 Å². The van der Waals surface area contributed by atoms with Crippen molar-refractivity contribution in [2.24, 2.45) is 0 Å². The van der Waals surface area contributed by atoms with Crippen LogP contribution in [0.1, 0.15) is 10.4 Å². The molecule has 12 nitrogen and oxygen atoms in total. The Bertz CT molecular complexity index is 1150. The molecule has 1 amide bonds. The second-order valence-electron chi connectivity index (χ2n) is 6.15. The second kappa shape index (κ2) is 8.65. The Morgan fingerprint density at radius 3 is 1.74 bits per heavy atom. The summed E-state index contributed by atoms with van der Waals surface area (Å²) < 4.78 is 0. The van der Waals surface area contributed by atoms with Crippen molar-refractivity contribution in [3.05, 3.63) is 103 Å². The minimum atomic E-state index is -0.954. The fraction of sp³-hybridized carbons (Fsp3) is 0. The van der Waals surface area contributed by atoms with Gasteiger partial charge in [-0.1, -0.05) is 18.2 Å². The van der Waals surface area contributed by atoms with Gasteiger partial charge < -0.3 is 10.6 Å². The van der Waals surface area contributed by atoms with E-state index in [1.54, 1.807) is 30.3 Å². The third kappa shape index (κ3) is 4.76. The Labute approximate surface area is 173 Å². The maximum Gasteiger partial charge on any atom is 0.306 e. The van der Waals surface area contributed by atoms with Crippen LogP contribution >= 0.6 is 0 Å². The summed E-state index contributed by atoms with van der Waals surface area (Å²) in [7, 11) is 0. The zero-order valence-electron chi connectivity index (χ0n) is 15.6. The summed E-state index contributed by atoms with van der Waals surface area (Å²) in [5.74, 6) is -0.398. The van der Waals surface area contributed by atoms with Gasteiger partial charge in [-0.25, -0.2) is 0 Å². The van der Waals surface area contributed by atoms with E-state index in [4.69, 9.17) is 0 Å². The van der Waals surface area contributed by atoms with Gasteiger partial charge >= 0.3 is 11.4 Å². The predicted octanol–water partition coefficient (Wildman–Crippen LogP) is 4.41. The molecule has 0 radical (unpaired) electrons. The molecule has 0 heterocycles. The monoisotopic (exact) mass is 423 g/mol. The van der Waals surface area contributed by atoms with Crippen LogP contribution in [-0.4, -0.2) is 20.7 Å². The second-order valence-corrected chi connectivity index (χ2v) is 6.15. The van der Waals surface area contributed by atoms with Crippen LogP contribution in [0.15, 0.2) is 66.7 Å². The van der Waals surface area contributed by atoms with Crippen molar-refractivity contribution in [3.8, 4) is 0 Å². The van der Waals surface area contributed by atoms with Crippen molar-refractivity contribution in [2.75, 3.05) is 10.6 Å². The molecule has 0 atom stereocenters. The van der Waals surface area contributed by atoms with Crippen LogP contribution in [0, 0.1) is 30.3 Å². The van der Waals surface area contributed by atoms with Gasteiger partial charge in [0.1, 0.15) is 0 Å². The quantitative estimate of drug-likeness (QED) is 0.415. The van der Waals surface area contributed by atoms with Crippen LogP contribution in [0.3, 0.4) is 0 Å². The Balaban J connectivity index is 1.90. The molecule has 3 aromatic carbocycles. The van der Waals surface area contributed by atoms with Crippen LogP contribution in [0.4, 0.5) is 34.1 Å². The number of nitrogens with zero attached hydrogens (tertiary/aromatic N) is 3. The maximum atomic E-state index is 12.3. The van der Waals surface area contributed by atoms with E-state index in [-0.39, 0.29) is 11.3 Å². The lowest BCUT2D eigenvalue weighted by atomic mass is 10.1. The zero-order valence-corrected chi connectivity index (χ0v) is 15.6. The first-order valence-corrected chi connectivity index (χ1v) is 8.61. The molecular weight excluding hydrogens is 410 g/mol. The molecule has 3 rings (SSSR count). The number of rotatable bonds is 7. The van der Waals surface area contributed by atoms with Crippen molar-refractivity contribution in [1.82, 2.24) is 0 Å². The van der Waals surface area contributed by atoms with E-state index in [9.17, 15) is 35.1 Å². The van der Waals surface area contributed by atoms with Crippen molar-refractivity contribution in [1.29, 1.82) is 0 Å². The number of nitrogens with one attached hydrogen (secondary N) is 2. The molecular formula is C19H13N5O7. The predicted molar refractivity (Wildman–Crippen MR) is 111 cm³/mol. The molecule has 0 bridgehead atoms.